The first-order valence-electron chi connectivity index (χ1n) is 5.44. The van der Waals surface area contributed by atoms with E-state index in [2.05, 4.69) is 0 Å². The minimum Gasteiger partial charge on any atom is -0.396 e. The molecule has 2 heteroatoms. The fraction of sp³-hybridized carbons (Fsp3) is 0.909. The number of hydrogen-bond donors (Lipinski definition) is 1. The lowest BCUT2D eigenvalue weighted by molar-refractivity contribution is -0.122. The van der Waals surface area contributed by atoms with Gasteiger partial charge in [0.05, 0.1) is 0 Å². The summed E-state index contributed by atoms with van der Waals surface area (Å²) >= 11 is 0. The first-order chi connectivity index (χ1) is 6.31. The zero-order chi connectivity index (χ0) is 9.26. The summed E-state index contributed by atoms with van der Waals surface area (Å²) in [5.74, 6) is 2.08. The predicted octanol–water partition coefficient (Wildman–Crippen LogP) is 1.76. The summed E-state index contributed by atoms with van der Waals surface area (Å²) in [6.07, 6.45) is 6.27. The first-order valence-corrected chi connectivity index (χ1v) is 5.44. The molecule has 2 aliphatic rings. The first kappa shape index (κ1) is 9.20. The fourth-order valence-corrected chi connectivity index (χ4v) is 2.63. The van der Waals surface area contributed by atoms with E-state index in [0.717, 1.165) is 31.6 Å². The van der Waals surface area contributed by atoms with Gasteiger partial charge in [0.2, 0.25) is 0 Å². The third-order valence-corrected chi connectivity index (χ3v) is 3.56. The highest BCUT2D eigenvalue weighted by Gasteiger charge is 2.37. The zero-order valence-corrected chi connectivity index (χ0v) is 8.04. The Kier molecular flexibility index (Phi) is 2.68. The maximum absolute atomic E-state index is 11.3. The van der Waals surface area contributed by atoms with Crippen LogP contribution >= 0.6 is 0 Å². The molecule has 0 spiro atoms. The van der Waals surface area contributed by atoms with Gasteiger partial charge in [0.1, 0.15) is 5.78 Å². The topological polar surface area (TPSA) is 37.3 Å². The van der Waals surface area contributed by atoms with Crippen molar-refractivity contribution >= 4 is 5.78 Å². The summed E-state index contributed by atoms with van der Waals surface area (Å²) in [4.78, 5) is 11.3. The molecule has 0 saturated heterocycles. The molecule has 2 rings (SSSR count). The second-order valence-corrected chi connectivity index (χ2v) is 4.58. The van der Waals surface area contributed by atoms with Crippen molar-refractivity contribution in [2.75, 3.05) is 6.61 Å². The Labute approximate surface area is 79.3 Å². The second-order valence-electron chi connectivity index (χ2n) is 4.58. The van der Waals surface area contributed by atoms with Crippen LogP contribution in [0.2, 0.25) is 0 Å². The smallest absolute Gasteiger partial charge is 0.133 e. The third kappa shape index (κ3) is 2.11. The molecule has 2 atom stereocenters. The van der Waals surface area contributed by atoms with E-state index in [9.17, 15) is 9.90 Å². The van der Waals surface area contributed by atoms with Crippen LogP contribution in [0.25, 0.3) is 0 Å². The highest BCUT2D eigenvalue weighted by molar-refractivity contribution is 5.79. The SMILES string of the molecule is O=C1CCCC(C(CO)C2CC2)C1. The van der Waals surface area contributed by atoms with Crippen LogP contribution in [0.3, 0.4) is 0 Å². The Bertz CT molecular complexity index is 196. The standard InChI is InChI=1S/C11H18O2/c12-7-11(8-4-5-8)9-2-1-3-10(13)6-9/h8-9,11-12H,1-7H2. The molecule has 0 bridgehead atoms. The molecular weight excluding hydrogens is 164 g/mol. The molecule has 0 aromatic rings. The minimum atomic E-state index is 0.294. The molecule has 0 radical (unpaired) electrons. The molecule has 2 saturated carbocycles. The largest absolute Gasteiger partial charge is 0.396 e. The highest BCUT2D eigenvalue weighted by Crippen LogP contribution is 2.43. The summed E-state index contributed by atoms with van der Waals surface area (Å²) in [6.45, 7) is 0.294. The number of ketones is 1. The van der Waals surface area contributed by atoms with Gasteiger partial charge in [0, 0.05) is 19.4 Å². The van der Waals surface area contributed by atoms with Crippen LogP contribution in [-0.4, -0.2) is 17.5 Å². The number of hydrogen-bond acceptors (Lipinski definition) is 2. The van der Waals surface area contributed by atoms with Crippen LogP contribution < -0.4 is 0 Å². The quantitative estimate of drug-likeness (QED) is 0.722. The van der Waals surface area contributed by atoms with Crippen molar-refractivity contribution in [3.05, 3.63) is 0 Å². The number of aliphatic hydroxyl groups excluding tert-OH is 1. The molecule has 1 N–H and O–H groups in total. The Morgan fingerprint density at radius 3 is 2.62 bits per heavy atom. The Morgan fingerprint density at radius 1 is 1.31 bits per heavy atom. The number of carbonyl (C=O) groups excluding carboxylic acids is 1. The van der Waals surface area contributed by atoms with Gasteiger partial charge in [-0.15, -0.1) is 0 Å². The minimum absolute atomic E-state index is 0.294. The monoisotopic (exact) mass is 182 g/mol. The molecule has 2 unspecified atom stereocenters. The molecule has 0 heterocycles. The van der Waals surface area contributed by atoms with Gasteiger partial charge in [-0.05, 0) is 43.4 Å². The van der Waals surface area contributed by atoms with Crippen LogP contribution in [0, 0.1) is 17.8 Å². The maximum atomic E-state index is 11.3. The second kappa shape index (κ2) is 3.79. The molecule has 0 amide bonds. The van der Waals surface area contributed by atoms with Crippen molar-refractivity contribution in [3.8, 4) is 0 Å². The van der Waals surface area contributed by atoms with E-state index >= 15 is 0 Å². The van der Waals surface area contributed by atoms with E-state index in [1.54, 1.807) is 0 Å². The van der Waals surface area contributed by atoms with Gasteiger partial charge in [-0.2, -0.15) is 0 Å². The molecule has 2 fully saturated rings. The van der Waals surface area contributed by atoms with Crippen molar-refractivity contribution in [2.45, 2.75) is 38.5 Å². The Morgan fingerprint density at radius 2 is 2.08 bits per heavy atom. The van der Waals surface area contributed by atoms with Gasteiger partial charge in [-0.25, -0.2) is 0 Å². The summed E-state index contributed by atoms with van der Waals surface area (Å²) in [7, 11) is 0. The van der Waals surface area contributed by atoms with Crippen molar-refractivity contribution in [3.63, 3.8) is 0 Å². The van der Waals surface area contributed by atoms with E-state index in [-0.39, 0.29) is 0 Å². The van der Waals surface area contributed by atoms with Gasteiger partial charge >= 0.3 is 0 Å². The average Bonchev–Trinajstić information content (AvgIpc) is 2.90. The molecule has 0 aromatic carbocycles. The zero-order valence-electron chi connectivity index (χ0n) is 8.04. The van der Waals surface area contributed by atoms with Crippen LogP contribution in [0.1, 0.15) is 38.5 Å². The summed E-state index contributed by atoms with van der Waals surface area (Å²) in [5.41, 5.74) is 0. The van der Waals surface area contributed by atoms with Gasteiger partial charge in [0.15, 0.2) is 0 Å². The van der Waals surface area contributed by atoms with Gasteiger partial charge in [-0.1, -0.05) is 0 Å². The number of rotatable bonds is 3. The van der Waals surface area contributed by atoms with Crippen molar-refractivity contribution in [1.82, 2.24) is 0 Å². The van der Waals surface area contributed by atoms with Crippen molar-refractivity contribution in [2.24, 2.45) is 17.8 Å². The van der Waals surface area contributed by atoms with E-state index < -0.39 is 0 Å². The summed E-state index contributed by atoms with van der Waals surface area (Å²) < 4.78 is 0. The number of aliphatic hydroxyl groups is 1. The van der Waals surface area contributed by atoms with E-state index in [1.165, 1.54) is 12.8 Å². The lowest BCUT2D eigenvalue weighted by Gasteiger charge is -2.28. The normalized spacial score (nSPS) is 31.8. The van der Waals surface area contributed by atoms with Gasteiger partial charge in [0.25, 0.3) is 0 Å². The fourth-order valence-electron chi connectivity index (χ4n) is 2.63. The molecule has 2 aliphatic carbocycles. The Hall–Kier alpha value is -0.370. The van der Waals surface area contributed by atoms with Crippen LogP contribution in [0.15, 0.2) is 0 Å². The van der Waals surface area contributed by atoms with E-state index in [0.29, 0.717) is 24.2 Å². The van der Waals surface area contributed by atoms with Crippen molar-refractivity contribution < 1.29 is 9.90 Å². The third-order valence-electron chi connectivity index (χ3n) is 3.56. The number of carbonyl (C=O) groups is 1. The molecule has 0 aromatic heterocycles. The molecule has 74 valence electrons. The lowest BCUT2D eigenvalue weighted by atomic mass is 9.77. The van der Waals surface area contributed by atoms with Crippen LogP contribution in [-0.2, 0) is 4.79 Å². The van der Waals surface area contributed by atoms with Gasteiger partial charge in [-0.3, -0.25) is 4.79 Å². The maximum Gasteiger partial charge on any atom is 0.133 e. The summed E-state index contributed by atoms with van der Waals surface area (Å²) in [6, 6.07) is 0. The lowest BCUT2D eigenvalue weighted by Crippen LogP contribution is -2.26. The van der Waals surface area contributed by atoms with Crippen LogP contribution in [0.5, 0.6) is 0 Å². The van der Waals surface area contributed by atoms with E-state index in [1.807, 2.05) is 0 Å². The molecule has 2 nitrogen and oxygen atoms in total. The number of Topliss-reactive ketones (excluding diaryl/α,β-unsaturated/α-hetero) is 1. The molecule has 13 heavy (non-hydrogen) atoms. The molecule has 0 aliphatic heterocycles. The highest BCUT2D eigenvalue weighted by atomic mass is 16.3. The van der Waals surface area contributed by atoms with E-state index in [4.69, 9.17) is 0 Å². The van der Waals surface area contributed by atoms with Crippen molar-refractivity contribution in [1.29, 1.82) is 0 Å². The van der Waals surface area contributed by atoms with Gasteiger partial charge < -0.3 is 5.11 Å². The predicted molar refractivity (Wildman–Crippen MR) is 50.3 cm³/mol. The van der Waals surface area contributed by atoms with Crippen LogP contribution in [0.4, 0.5) is 0 Å². The Balaban J connectivity index is 1.92. The average molecular weight is 182 g/mol. The molecular formula is C11H18O2. The summed E-state index contributed by atoms with van der Waals surface area (Å²) in [5, 5.41) is 9.26.